The zero-order valence-corrected chi connectivity index (χ0v) is 23.1. The van der Waals surface area contributed by atoms with Gasteiger partial charge in [-0.15, -0.1) is 0 Å². The van der Waals surface area contributed by atoms with Crippen LogP contribution in [-0.2, 0) is 5.41 Å². The number of nitrogens with one attached hydrogen (secondary N) is 4. The molecule has 222 valence electrons. The molecule has 0 aliphatic carbocycles. The fourth-order valence-corrected chi connectivity index (χ4v) is 6.45. The second-order valence-corrected chi connectivity index (χ2v) is 11.7. The Balaban J connectivity index is 1.26. The Kier molecular flexibility index (Phi) is 6.31. The van der Waals surface area contributed by atoms with Crippen LogP contribution in [0.5, 0.6) is 5.75 Å². The number of aliphatic imine (C=N–C) groups is 1. The van der Waals surface area contributed by atoms with Gasteiger partial charge < -0.3 is 31.3 Å². The number of ether oxygens (including phenoxy) is 1. The summed E-state index contributed by atoms with van der Waals surface area (Å²) in [5.74, 6) is -3.83. The van der Waals surface area contributed by atoms with Crippen molar-refractivity contribution in [2.45, 2.75) is 55.3 Å². The number of amides is 2. The molecule has 2 aromatic rings. The van der Waals surface area contributed by atoms with Gasteiger partial charge in [0.15, 0.2) is 12.0 Å². The first-order chi connectivity index (χ1) is 19.8. The summed E-state index contributed by atoms with van der Waals surface area (Å²) in [6.45, 7) is 4.40. The second kappa shape index (κ2) is 9.56. The van der Waals surface area contributed by atoms with Crippen LogP contribution in [-0.4, -0.2) is 88.1 Å². The van der Waals surface area contributed by atoms with Crippen LogP contribution in [0.1, 0.15) is 46.5 Å². The van der Waals surface area contributed by atoms with Crippen molar-refractivity contribution in [3.8, 4) is 5.75 Å². The molecule has 2 aromatic carbocycles. The third-order valence-corrected chi connectivity index (χ3v) is 8.71. The van der Waals surface area contributed by atoms with E-state index in [1.165, 1.54) is 23.1 Å². The molecule has 6 rings (SSSR count). The largest absolute Gasteiger partial charge is 0.492 e. The number of aliphatic hydroxyl groups is 2. The molecule has 13 nitrogen and oxygen atoms in total. The van der Waals surface area contributed by atoms with Gasteiger partial charge >= 0.3 is 5.96 Å². The van der Waals surface area contributed by atoms with Crippen molar-refractivity contribution in [3.63, 3.8) is 0 Å². The molecule has 0 saturated carbocycles. The molecule has 4 aliphatic rings. The molecule has 1 saturated heterocycles. The third-order valence-electron chi connectivity index (χ3n) is 8.71. The SMILES string of the molecule is CC1(C)CCOc2c(C(=O)NC3CN4C(N)=N[C@@H](CNC(=O)c5cccc(F)c5)[C@@H]5[NH+]=C(N)NC54C3(O)O)cccc21. The van der Waals surface area contributed by atoms with Gasteiger partial charge in [-0.2, -0.15) is 0 Å². The van der Waals surface area contributed by atoms with E-state index in [1.54, 1.807) is 12.1 Å². The van der Waals surface area contributed by atoms with E-state index < -0.39 is 47.2 Å². The molecule has 2 amide bonds. The Bertz CT molecular complexity index is 1530. The van der Waals surface area contributed by atoms with Crippen LogP contribution in [0.3, 0.4) is 0 Å². The van der Waals surface area contributed by atoms with Crippen LogP contribution in [0.15, 0.2) is 47.5 Å². The highest BCUT2D eigenvalue weighted by atomic mass is 19.1. The molecular weight excluding hydrogens is 547 g/mol. The minimum atomic E-state index is -2.62. The predicted molar refractivity (Wildman–Crippen MR) is 149 cm³/mol. The van der Waals surface area contributed by atoms with Gasteiger partial charge in [-0.3, -0.25) is 25.2 Å². The third kappa shape index (κ3) is 4.12. The average molecular weight is 582 g/mol. The zero-order valence-electron chi connectivity index (χ0n) is 23.1. The summed E-state index contributed by atoms with van der Waals surface area (Å²) in [5, 5.41) is 31.8. The van der Waals surface area contributed by atoms with Crippen LogP contribution < -0.4 is 37.1 Å². The van der Waals surface area contributed by atoms with Crippen molar-refractivity contribution in [1.82, 2.24) is 20.9 Å². The molecule has 14 heteroatoms. The maximum absolute atomic E-state index is 13.6. The van der Waals surface area contributed by atoms with E-state index in [4.69, 9.17) is 16.2 Å². The van der Waals surface area contributed by atoms with Crippen molar-refractivity contribution in [3.05, 3.63) is 65.0 Å². The van der Waals surface area contributed by atoms with Gasteiger partial charge in [-0.1, -0.05) is 32.0 Å². The Hall–Kier alpha value is -4.43. The quantitative estimate of drug-likeness (QED) is 0.171. The van der Waals surface area contributed by atoms with Crippen LogP contribution in [0.25, 0.3) is 0 Å². The lowest BCUT2D eigenvalue weighted by molar-refractivity contribution is -0.521. The highest BCUT2D eigenvalue weighted by Crippen LogP contribution is 2.43. The number of hydrogen-bond acceptors (Lipinski definition) is 10. The fourth-order valence-electron chi connectivity index (χ4n) is 6.45. The lowest BCUT2D eigenvalue weighted by Crippen LogP contribution is -2.90. The molecule has 0 radical (unpaired) electrons. The molecule has 4 aliphatic heterocycles. The van der Waals surface area contributed by atoms with E-state index in [2.05, 4.69) is 39.8 Å². The Morgan fingerprint density at radius 2 is 1.98 bits per heavy atom. The van der Waals surface area contributed by atoms with Crippen LogP contribution >= 0.6 is 0 Å². The molecule has 4 heterocycles. The molecule has 10 N–H and O–H groups in total. The van der Waals surface area contributed by atoms with E-state index in [1.807, 2.05) is 6.07 Å². The first kappa shape index (κ1) is 27.7. The highest BCUT2D eigenvalue weighted by molar-refractivity contribution is 5.98. The summed E-state index contributed by atoms with van der Waals surface area (Å²) in [6.07, 6.45) is 0.794. The Morgan fingerprint density at radius 1 is 1.21 bits per heavy atom. The summed E-state index contributed by atoms with van der Waals surface area (Å²) in [7, 11) is 0. The number of fused-ring (bicyclic) bond motifs is 1. The summed E-state index contributed by atoms with van der Waals surface area (Å²) in [6, 6.07) is 7.57. The minimum Gasteiger partial charge on any atom is -0.492 e. The number of hydrogen-bond donors (Lipinski definition) is 8. The summed E-state index contributed by atoms with van der Waals surface area (Å²) >= 11 is 0. The molecule has 1 fully saturated rings. The molecular formula is C28H34FN8O5+. The number of halogens is 1. The molecule has 0 aromatic heterocycles. The summed E-state index contributed by atoms with van der Waals surface area (Å²) in [4.78, 5) is 35.2. The van der Waals surface area contributed by atoms with Crippen LogP contribution in [0.4, 0.5) is 4.39 Å². The monoisotopic (exact) mass is 581 g/mol. The van der Waals surface area contributed by atoms with Gasteiger partial charge in [0.05, 0.1) is 18.7 Å². The molecule has 42 heavy (non-hydrogen) atoms. The topological polar surface area (TPSA) is 202 Å². The van der Waals surface area contributed by atoms with Crippen molar-refractivity contribution in [2.24, 2.45) is 16.5 Å². The van der Waals surface area contributed by atoms with Crippen LogP contribution in [0, 0.1) is 5.82 Å². The van der Waals surface area contributed by atoms with Gasteiger partial charge in [-0.25, -0.2) is 14.7 Å². The highest BCUT2D eigenvalue weighted by Gasteiger charge is 2.76. The summed E-state index contributed by atoms with van der Waals surface area (Å²) < 4.78 is 19.5. The normalized spacial score (nSPS) is 28.2. The number of rotatable bonds is 5. The van der Waals surface area contributed by atoms with Crippen molar-refractivity contribution in [2.75, 3.05) is 19.7 Å². The molecule has 2 unspecified atom stereocenters. The van der Waals surface area contributed by atoms with Crippen molar-refractivity contribution in [1.29, 1.82) is 0 Å². The fraction of sp³-hybridized carbons (Fsp3) is 0.429. The number of carbonyl (C=O) groups excluding carboxylic acids is 2. The van der Waals surface area contributed by atoms with Gasteiger partial charge in [-0.05, 0) is 36.1 Å². The maximum atomic E-state index is 13.6. The van der Waals surface area contributed by atoms with Gasteiger partial charge in [0.25, 0.3) is 17.5 Å². The van der Waals surface area contributed by atoms with Crippen molar-refractivity contribution >= 4 is 23.7 Å². The van der Waals surface area contributed by atoms with Crippen molar-refractivity contribution < 1.29 is 33.9 Å². The molecule has 0 bridgehead atoms. The molecule has 4 atom stereocenters. The predicted octanol–water partition coefficient (Wildman–Crippen LogP) is -2.83. The number of nitrogens with zero attached hydrogens (tertiary/aromatic N) is 2. The van der Waals surface area contributed by atoms with Gasteiger partial charge in [0.1, 0.15) is 23.7 Å². The van der Waals surface area contributed by atoms with Gasteiger partial charge in [0.2, 0.25) is 5.79 Å². The van der Waals surface area contributed by atoms with E-state index in [-0.39, 0.29) is 41.6 Å². The smallest absolute Gasteiger partial charge is 0.343 e. The van der Waals surface area contributed by atoms with Gasteiger partial charge in [0, 0.05) is 17.7 Å². The Labute approximate surface area is 240 Å². The number of benzene rings is 2. The van der Waals surface area contributed by atoms with E-state index in [9.17, 15) is 24.2 Å². The Morgan fingerprint density at radius 3 is 2.74 bits per heavy atom. The van der Waals surface area contributed by atoms with E-state index in [0.29, 0.717) is 12.4 Å². The van der Waals surface area contributed by atoms with Crippen LogP contribution in [0.2, 0.25) is 0 Å². The average Bonchev–Trinajstić information content (AvgIpc) is 3.40. The summed E-state index contributed by atoms with van der Waals surface area (Å²) in [5.41, 5.74) is 11.8. The lowest BCUT2D eigenvalue weighted by atomic mass is 9.79. The number of guanidine groups is 2. The number of nitrogens with two attached hydrogens (primary N) is 2. The first-order valence-corrected chi connectivity index (χ1v) is 13.7. The number of para-hydroxylation sites is 1. The molecule has 1 spiro atoms. The second-order valence-electron chi connectivity index (χ2n) is 11.7. The standard InChI is InChI=1S/C28H33FN8O5/c1-26(2)9-10-42-20-16(7-4-8-17(20)26)23(39)34-19-13-37-25(31)33-18(12-32-22(38)14-5-3-6-15(29)11-14)21-27(37,28(19,40)41)36-24(30)35-21/h3-8,11,18-19,21,40-41H,9-10,12-13H2,1-2H3,(H2,31,33)(H,32,38)(H,34,39)(H3,30,35,36)/p+1/t18-,19?,21-,27?/m0/s1. The number of carbonyl (C=O) groups is 2. The van der Waals surface area contributed by atoms with E-state index >= 15 is 0 Å². The zero-order chi connectivity index (χ0) is 30.0. The lowest BCUT2D eigenvalue weighted by Gasteiger charge is -2.46. The van der Waals surface area contributed by atoms with E-state index in [0.717, 1.165) is 18.1 Å². The minimum absolute atomic E-state index is 0.0311. The first-order valence-electron chi connectivity index (χ1n) is 13.7. The maximum Gasteiger partial charge on any atom is 0.343 e.